The summed E-state index contributed by atoms with van der Waals surface area (Å²) in [6.45, 7) is 9.23. The molecule has 18 heavy (non-hydrogen) atoms. The number of likely N-dealkylation sites (N-methyl/N-ethyl adjacent to an activating group) is 1. The Balaban J connectivity index is 2.23. The average molecular weight is 272 g/mol. The molecule has 1 saturated heterocycles. The van der Waals surface area contributed by atoms with E-state index in [1.54, 1.807) is 18.2 Å². The van der Waals surface area contributed by atoms with Crippen molar-refractivity contribution in [2.24, 2.45) is 0 Å². The minimum atomic E-state index is -3.40. The Morgan fingerprint density at radius 3 is 2.28 bits per heavy atom. The molecule has 1 aliphatic heterocycles. The van der Waals surface area contributed by atoms with Crippen LogP contribution < -0.4 is 0 Å². The Morgan fingerprint density at radius 2 is 1.83 bits per heavy atom. The third-order valence-corrected chi connectivity index (χ3v) is 5.60. The second kappa shape index (κ2) is 4.99. The number of piperazine rings is 1. The first-order valence-electron chi connectivity index (χ1n) is 6.21. The Hall–Kier alpha value is -0.920. The van der Waals surface area contributed by atoms with Gasteiger partial charge in [-0.2, -0.15) is 9.40 Å². The standard InChI is InChI=1S/C11H20N4O2S/c1-4-14-5-7-15(8-6-14)18(16,17)11-9(2)12-13-10(11)3/h4-8H2,1-3H3,(H,12,13). The summed E-state index contributed by atoms with van der Waals surface area (Å²) in [4.78, 5) is 2.59. The summed E-state index contributed by atoms with van der Waals surface area (Å²) in [7, 11) is -3.40. The van der Waals surface area contributed by atoms with Gasteiger partial charge in [0.05, 0.1) is 11.4 Å². The molecule has 102 valence electrons. The zero-order chi connectivity index (χ0) is 13.3. The van der Waals surface area contributed by atoms with Gasteiger partial charge >= 0.3 is 0 Å². The van der Waals surface area contributed by atoms with Crippen LogP contribution in [0.5, 0.6) is 0 Å². The van der Waals surface area contributed by atoms with E-state index in [2.05, 4.69) is 22.0 Å². The van der Waals surface area contributed by atoms with Crippen LogP contribution >= 0.6 is 0 Å². The molecular weight excluding hydrogens is 252 g/mol. The smallest absolute Gasteiger partial charge is 0.246 e. The highest BCUT2D eigenvalue weighted by molar-refractivity contribution is 7.89. The van der Waals surface area contributed by atoms with Crippen molar-refractivity contribution in [3.63, 3.8) is 0 Å². The van der Waals surface area contributed by atoms with Gasteiger partial charge in [0, 0.05) is 26.2 Å². The molecule has 1 aromatic heterocycles. The van der Waals surface area contributed by atoms with Crippen LogP contribution in [0.2, 0.25) is 0 Å². The lowest BCUT2D eigenvalue weighted by molar-refractivity contribution is 0.196. The third kappa shape index (κ3) is 2.30. The Kier molecular flexibility index (Phi) is 3.74. The summed E-state index contributed by atoms with van der Waals surface area (Å²) in [5.41, 5.74) is 1.16. The highest BCUT2D eigenvalue weighted by Crippen LogP contribution is 2.22. The zero-order valence-corrected chi connectivity index (χ0v) is 11.9. The minimum absolute atomic E-state index is 0.340. The van der Waals surface area contributed by atoms with E-state index in [9.17, 15) is 8.42 Å². The quantitative estimate of drug-likeness (QED) is 0.862. The predicted octanol–water partition coefficient (Wildman–Crippen LogP) is 0.353. The van der Waals surface area contributed by atoms with Crippen molar-refractivity contribution in [1.82, 2.24) is 19.4 Å². The van der Waals surface area contributed by atoms with Crippen LogP contribution in [0.4, 0.5) is 0 Å². The molecule has 0 atom stereocenters. The van der Waals surface area contributed by atoms with Crippen molar-refractivity contribution in [3.05, 3.63) is 11.4 Å². The molecule has 0 aromatic carbocycles. The molecule has 1 fully saturated rings. The van der Waals surface area contributed by atoms with Crippen molar-refractivity contribution in [2.45, 2.75) is 25.7 Å². The number of aromatic nitrogens is 2. The van der Waals surface area contributed by atoms with Crippen LogP contribution in [0.1, 0.15) is 18.3 Å². The Morgan fingerprint density at radius 1 is 1.22 bits per heavy atom. The van der Waals surface area contributed by atoms with Gasteiger partial charge in [-0.1, -0.05) is 6.92 Å². The molecule has 6 nitrogen and oxygen atoms in total. The largest absolute Gasteiger partial charge is 0.301 e. The van der Waals surface area contributed by atoms with E-state index < -0.39 is 10.0 Å². The molecule has 0 saturated carbocycles. The molecule has 0 aliphatic carbocycles. The van der Waals surface area contributed by atoms with Crippen LogP contribution in [0.3, 0.4) is 0 Å². The normalized spacial score (nSPS) is 19.3. The van der Waals surface area contributed by atoms with Crippen LogP contribution in [-0.4, -0.2) is 60.5 Å². The maximum atomic E-state index is 12.5. The van der Waals surface area contributed by atoms with E-state index in [1.165, 1.54) is 0 Å². The number of rotatable bonds is 3. The van der Waals surface area contributed by atoms with Gasteiger partial charge < -0.3 is 4.90 Å². The maximum Gasteiger partial charge on any atom is 0.246 e. The first kappa shape index (κ1) is 13.5. The second-order valence-electron chi connectivity index (χ2n) is 4.60. The van der Waals surface area contributed by atoms with Crippen LogP contribution in [0.15, 0.2) is 4.90 Å². The summed E-state index contributed by atoms with van der Waals surface area (Å²) < 4.78 is 26.6. The molecule has 7 heteroatoms. The van der Waals surface area contributed by atoms with Crippen molar-refractivity contribution in [2.75, 3.05) is 32.7 Å². The van der Waals surface area contributed by atoms with Gasteiger partial charge in [0.25, 0.3) is 0 Å². The van der Waals surface area contributed by atoms with Gasteiger partial charge in [0.1, 0.15) is 4.90 Å². The zero-order valence-electron chi connectivity index (χ0n) is 11.1. The first-order chi connectivity index (χ1) is 8.46. The molecule has 0 unspecified atom stereocenters. The van der Waals surface area contributed by atoms with E-state index >= 15 is 0 Å². The predicted molar refractivity (Wildman–Crippen MR) is 68.9 cm³/mol. The number of H-pyrrole nitrogens is 1. The number of hydrogen-bond donors (Lipinski definition) is 1. The van der Waals surface area contributed by atoms with Gasteiger partial charge in [-0.15, -0.1) is 0 Å². The fourth-order valence-corrected chi connectivity index (χ4v) is 4.09. The molecular formula is C11H20N4O2S. The lowest BCUT2D eigenvalue weighted by Crippen LogP contribution is -2.48. The number of aromatic amines is 1. The van der Waals surface area contributed by atoms with Gasteiger partial charge in [0.2, 0.25) is 10.0 Å². The topological polar surface area (TPSA) is 69.3 Å². The lowest BCUT2D eigenvalue weighted by atomic mass is 10.4. The maximum absolute atomic E-state index is 12.5. The average Bonchev–Trinajstić information content (AvgIpc) is 2.69. The van der Waals surface area contributed by atoms with E-state index in [1.807, 2.05) is 0 Å². The number of sulfonamides is 1. The monoisotopic (exact) mass is 272 g/mol. The molecule has 0 radical (unpaired) electrons. The summed E-state index contributed by atoms with van der Waals surface area (Å²) in [6, 6.07) is 0. The van der Waals surface area contributed by atoms with Crippen LogP contribution in [-0.2, 0) is 10.0 Å². The number of aryl methyl sites for hydroxylation is 2. The molecule has 1 aliphatic rings. The SMILES string of the molecule is CCN1CCN(S(=O)(=O)c2c(C)n[nH]c2C)CC1. The van der Waals surface area contributed by atoms with Crippen molar-refractivity contribution < 1.29 is 8.42 Å². The number of hydrogen-bond acceptors (Lipinski definition) is 4. The van der Waals surface area contributed by atoms with Gasteiger partial charge in [-0.25, -0.2) is 8.42 Å². The lowest BCUT2D eigenvalue weighted by Gasteiger charge is -2.33. The molecule has 0 bridgehead atoms. The van der Waals surface area contributed by atoms with Crippen molar-refractivity contribution >= 4 is 10.0 Å². The summed E-state index contributed by atoms with van der Waals surface area (Å²) in [5, 5.41) is 6.70. The Labute approximate surface area is 108 Å². The molecule has 2 heterocycles. The summed E-state index contributed by atoms with van der Waals surface area (Å²) in [5.74, 6) is 0. The number of nitrogens with zero attached hydrogens (tertiary/aromatic N) is 3. The Bertz CT molecular complexity index is 496. The molecule has 0 amide bonds. The number of nitrogens with one attached hydrogen (secondary N) is 1. The summed E-state index contributed by atoms with van der Waals surface area (Å²) in [6.07, 6.45) is 0. The fourth-order valence-electron chi connectivity index (χ4n) is 2.34. The van der Waals surface area contributed by atoms with E-state index in [4.69, 9.17) is 0 Å². The van der Waals surface area contributed by atoms with E-state index in [-0.39, 0.29) is 0 Å². The highest BCUT2D eigenvalue weighted by atomic mass is 32.2. The van der Waals surface area contributed by atoms with Crippen LogP contribution in [0.25, 0.3) is 0 Å². The van der Waals surface area contributed by atoms with E-state index in [0.717, 1.165) is 19.6 Å². The van der Waals surface area contributed by atoms with Crippen molar-refractivity contribution in [3.8, 4) is 0 Å². The molecule has 1 aromatic rings. The van der Waals surface area contributed by atoms with Crippen molar-refractivity contribution in [1.29, 1.82) is 0 Å². The second-order valence-corrected chi connectivity index (χ2v) is 6.48. The summed E-state index contributed by atoms with van der Waals surface area (Å²) >= 11 is 0. The first-order valence-corrected chi connectivity index (χ1v) is 7.65. The van der Waals surface area contributed by atoms with Gasteiger partial charge in [-0.05, 0) is 20.4 Å². The highest BCUT2D eigenvalue weighted by Gasteiger charge is 2.31. The molecule has 1 N–H and O–H groups in total. The molecule has 0 spiro atoms. The van der Waals surface area contributed by atoms with Gasteiger partial charge in [-0.3, -0.25) is 5.10 Å². The molecule has 2 rings (SSSR count). The third-order valence-electron chi connectivity index (χ3n) is 3.44. The van der Waals surface area contributed by atoms with E-state index in [0.29, 0.717) is 29.4 Å². The fraction of sp³-hybridized carbons (Fsp3) is 0.727. The van der Waals surface area contributed by atoms with Crippen LogP contribution in [0, 0.1) is 13.8 Å². The van der Waals surface area contributed by atoms with Gasteiger partial charge in [0.15, 0.2) is 0 Å². The minimum Gasteiger partial charge on any atom is -0.301 e.